The molecular weight excluding hydrogens is 1070 g/mol. The van der Waals surface area contributed by atoms with Crippen LogP contribution in [0.25, 0.3) is 55.8 Å². The van der Waals surface area contributed by atoms with Crippen molar-refractivity contribution in [1.29, 1.82) is 0 Å². The van der Waals surface area contributed by atoms with Crippen molar-refractivity contribution < 1.29 is 28.2 Å². The first-order valence-electron chi connectivity index (χ1n) is 26.1. The first-order chi connectivity index (χ1) is 36.9. The Hall–Kier alpha value is -8.25. The number of aryl methyl sites for hydroxylation is 1. The van der Waals surface area contributed by atoms with Crippen LogP contribution in [0, 0.1) is 10.7 Å². The number of anilines is 4. The molecule has 6 nitrogen and oxygen atoms in total. The number of rotatable bonds is 10. The quantitative estimate of drug-likeness (QED) is 0.128. The fourth-order valence-electron chi connectivity index (χ4n) is 10.2. The van der Waals surface area contributed by atoms with Gasteiger partial charge in [0.1, 0.15) is 0 Å². The number of aromatic nitrogens is 3. The van der Waals surface area contributed by atoms with E-state index < -0.39 is 6.85 Å². The molecule has 1 aliphatic heterocycles. The molecule has 0 saturated heterocycles. The maximum absolute atomic E-state index is 8.62. The van der Waals surface area contributed by atoms with Crippen molar-refractivity contribution in [2.75, 3.05) is 9.62 Å². The van der Waals surface area contributed by atoms with Gasteiger partial charge in [-0.2, -0.15) is 0 Å². The minimum absolute atomic E-state index is 0.0395. The van der Waals surface area contributed by atoms with Crippen LogP contribution in [-0.4, -0.2) is 21.1 Å². The van der Waals surface area contributed by atoms with Crippen LogP contribution in [-0.2, 0) is 24.8 Å². The summed E-state index contributed by atoms with van der Waals surface area (Å²) in [5.74, 6) is 1.44. The van der Waals surface area contributed by atoms with E-state index in [0.29, 0.717) is 22.7 Å². The van der Waals surface area contributed by atoms with Gasteiger partial charge in [-0.25, -0.2) is 0 Å². The molecular formula is C65H52BN5OPt. The van der Waals surface area contributed by atoms with Gasteiger partial charge in [-0.15, -0.1) is 0 Å². The van der Waals surface area contributed by atoms with Crippen LogP contribution < -0.4 is 19.8 Å². The number of nitrogens with zero attached hydrogens (tertiary/aromatic N) is 5. The fourth-order valence-corrected chi connectivity index (χ4v) is 11.3. The second-order valence-electron chi connectivity index (χ2n) is 19.3. The van der Waals surface area contributed by atoms with Gasteiger partial charge in [0, 0.05) is 5.69 Å². The number of fused-ring (bicyclic) bond motifs is 2. The number of pyridine rings is 1. The van der Waals surface area contributed by atoms with E-state index in [2.05, 4.69) is 229 Å². The van der Waals surface area contributed by atoms with Crippen molar-refractivity contribution in [3.05, 3.63) is 258 Å². The van der Waals surface area contributed by atoms with E-state index in [4.69, 9.17) is 13.8 Å². The Kier molecular flexibility index (Phi) is 11.1. The number of hydrogen-bond donors (Lipinski definition) is 0. The second kappa shape index (κ2) is 19.1. The monoisotopic (exact) mass is 1130 g/mol. The number of ether oxygens (including phenoxy) is 1. The van der Waals surface area contributed by atoms with E-state index in [1.165, 1.54) is 5.56 Å². The Morgan fingerprint density at radius 3 is 1.81 bits per heavy atom. The molecule has 11 aromatic rings. The molecule has 8 heteroatoms. The zero-order chi connectivity index (χ0) is 52.1. The normalized spacial score (nSPS) is 13.2. The number of benzene rings is 9. The molecule has 73 heavy (non-hydrogen) atoms. The third kappa shape index (κ3) is 8.44. The summed E-state index contributed by atoms with van der Waals surface area (Å²) in [7, 11) is 0. The summed E-state index contributed by atoms with van der Waals surface area (Å²) in [5, 5.41) is 0. The molecule has 2 aromatic heterocycles. The SMILES string of the molecule is [2H]C([2H])([2H])c1ccccc1-c1ccc(N2B(c3ccccc3)N(c3ccccc3)c3ccccc32)nc1Oc1cccc(-n2[c](=[Pt])n(-c3c(-c4ccccc4)cccc3-c3cccc(C(C)(C)C)c3)c3ccccc32)c1. The van der Waals surface area contributed by atoms with E-state index in [1.54, 1.807) is 12.1 Å². The van der Waals surface area contributed by atoms with Crippen molar-refractivity contribution in [1.82, 2.24) is 14.1 Å². The Labute approximate surface area is 442 Å². The average Bonchev–Trinajstić information content (AvgIpc) is 3.95. The predicted molar refractivity (Wildman–Crippen MR) is 299 cm³/mol. The Balaban J connectivity index is 1.03. The van der Waals surface area contributed by atoms with Gasteiger partial charge >= 0.3 is 361 Å². The fraction of sp³-hybridized carbons (Fsp3) is 0.0769. The standard InChI is InChI=1S/C65H52BN5O.Pt/c1-46-23-14-15-34-54(46)57-41-42-62(71-61-40-19-18-39-60(61)70(51-30-12-7-13-31-51)66(71)50-28-10-6-11-29-50)67-64(57)72-53-33-21-32-52(44-53)68-45-69(59-38-17-16-37-58(59)68)63-55(47-24-8-5-9-25-47)35-22-36-56(63)48-26-20-27-49(43-48)65(2,3)4;/h5-44H,1-4H3;/i1D3;. The molecule has 0 amide bonds. The second-order valence-corrected chi connectivity index (χ2v) is 20.3. The molecule has 0 radical (unpaired) electrons. The van der Waals surface area contributed by atoms with Gasteiger partial charge < -0.3 is 0 Å². The van der Waals surface area contributed by atoms with Crippen LogP contribution in [0.1, 0.15) is 36.0 Å². The van der Waals surface area contributed by atoms with Crippen LogP contribution in [0.15, 0.2) is 243 Å². The van der Waals surface area contributed by atoms with Crippen molar-refractivity contribution in [2.45, 2.75) is 33.0 Å². The van der Waals surface area contributed by atoms with Crippen LogP contribution in [0.2, 0.25) is 0 Å². The van der Waals surface area contributed by atoms with Crippen LogP contribution >= 0.6 is 0 Å². The topological polar surface area (TPSA) is 38.5 Å². The van der Waals surface area contributed by atoms with Gasteiger partial charge in [0.05, 0.1) is 0 Å². The van der Waals surface area contributed by atoms with Gasteiger partial charge in [-0.3, -0.25) is 0 Å². The van der Waals surface area contributed by atoms with E-state index >= 15 is 0 Å². The van der Waals surface area contributed by atoms with Gasteiger partial charge in [0.2, 0.25) is 0 Å². The third-order valence-electron chi connectivity index (χ3n) is 13.7. The van der Waals surface area contributed by atoms with E-state index in [9.17, 15) is 0 Å². The summed E-state index contributed by atoms with van der Waals surface area (Å²) >= 11 is 2.48. The summed E-state index contributed by atoms with van der Waals surface area (Å²) in [4.78, 5) is 10.0. The molecule has 0 atom stereocenters. The summed E-state index contributed by atoms with van der Waals surface area (Å²) in [6.07, 6.45) is 0. The third-order valence-corrected chi connectivity index (χ3v) is 14.7. The summed E-state index contributed by atoms with van der Waals surface area (Å²) in [6.45, 7) is 4.05. The Bertz CT molecular complexity index is 4010. The maximum atomic E-state index is 8.62. The average molecular weight is 1130 g/mol. The number of hydrogen-bond acceptors (Lipinski definition) is 4. The van der Waals surface area contributed by atoms with Crippen molar-refractivity contribution >= 4 is 46.4 Å². The molecule has 0 aliphatic carbocycles. The molecule has 9 aromatic carbocycles. The van der Waals surface area contributed by atoms with Gasteiger partial charge in [0.15, 0.2) is 0 Å². The molecule has 0 spiro atoms. The summed E-state index contributed by atoms with van der Waals surface area (Å²) in [6, 6.07) is 83.1. The summed E-state index contributed by atoms with van der Waals surface area (Å²) in [5.41, 5.74) is 15.1. The zero-order valence-electron chi connectivity index (χ0n) is 43.6. The zero-order valence-corrected chi connectivity index (χ0v) is 42.9. The molecule has 1 aliphatic rings. The molecule has 0 unspecified atom stereocenters. The molecule has 0 bridgehead atoms. The van der Waals surface area contributed by atoms with Gasteiger partial charge in [0.25, 0.3) is 0 Å². The van der Waals surface area contributed by atoms with Crippen molar-refractivity contribution in [3.63, 3.8) is 0 Å². The minimum atomic E-state index is -2.40. The number of imidazole rings is 1. The predicted octanol–water partition coefficient (Wildman–Crippen LogP) is 16.0. The van der Waals surface area contributed by atoms with E-state index in [1.807, 2.05) is 60.7 Å². The van der Waals surface area contributed by atoms with Crippen LogP contribution in [0.5, 0.6) is 11.6 Å². The molecule has 0 saturated carbocycles. The Morgan fingerprint density at radius 2 is 1.07 bits per heavy atom. The van der Waals surface area contributed by atoms with Crippen LogP contribution in [0.3, 0.4) is 0 Å². The molecule has 3 heterocycles. The molecule has 356 valence electrons. The van der Waals surface area contributed by atoms with Gasteiger partial charge in [-0.1, -0.05) is 60.7 Å². The molecule has 0 fully saturated rings. The van der Waals surface area contributed by atoms with Crippen molar-refractivity contribution in [2.24, 2.45) is 0 Å². The first-order valence-corrected chi connectivity index (χ1v) is 25.7. The van der Waals surface area contributed by atoms with Gasteiger partial charge in [-0.05, 0) is 18.2 Å². The molecule has 0 N–H and O–H groups in total. The molecule has 12 rings (SSSR count). The Morgan fingerprint density at radius 1 is 0.493 bits per heavy atom. The van der Waals surface area contributed by atoms with Crippen molar-refractivity contribution in [3.8, 4) is 56.4 Å². The van der Waals surface area contributed by atoms with E-state index in [0.717, 1.165) is 71.0 Å². The van der Waals surface area contributed by atoms with Crippen LogP contribution in [0.4, 0.5) is 22.9 Å². The number of para-hydroxylation sites is 6. The van der Waals surface area contributed by atoms with E-state index in [-0.39, 0.29) is 23.8 Å². The summed E-state index contributed by atoms with van der Waals surface area (Å²) < 4.78 is 38.6. The first kappa shape index (κ1) is 42.4.